The third kappa shape index (κ3) is 5.44. The lowest BCUT2D eigenvalue weighted by Crippen LogP contribution is -2.04. The molecule has 23 heavy (non-hydrogen) atoms. The van der Waals surface area contributed by atoms with Gasteiger partial charge < -0.3 is 9.84 Å². The highest BCUT2D eigenvalue weighted by Gasteiger charge is 2.10. The summed E-state index contributed by atoms with van der Waals surface area (Å²) in [7, 11) is 1.56. The van der Waals surface area contributed by atoms with Crippen molar-refractivity contribution in [1.82, 2.24) is 0 Å². The monoisotopic (exact) mass is 312 g/mol. The maximum Gasteiger partial charge on any atom is 0.335 e. The molecule has 0 aliphatic heterocycles. The topological polar surface area (TPSA) is 46.5 Å². The number of methoxy groups -OCH3 is 1. The molecule has 0 aliphatic carbocycles. The fourth-order valence-corrected chi connectivity index (χ4v) is 2.82. The Morgan fingerprint density at radius 2 is 1.87 bits per heavy atom. The number of carbonyl (C=O) groups is 1. The van der Waals surface area contributed by atoms with E-state index in [1.54, 1.807) is 19.2 Å². The SMILES string of the molecule is COc1cc(CC(C)CCCc2ccccc2)cc(C(=O)O)c1. The summed E-state index contributed by atoms with van der Waals surface area (Å²) in [6, 6.07) is 15.7. The lowest BCUT2D eigenvalue weighted by molar-refractivity contribution is 0.0696. The lowest BCUT2D eigenvalue weighted by Gasteiger charge is -2.13. The zero-order valence-corrected chi connectivity index (χ0v) is 13.8. The summed E-state index contributed by atoms with van der Waals surface area (Å²) in [5.74, 6) is 0.200. The lowest BCUT2D eigenvalue weighted by atomic mass is 9.94. The van der Waals surface area contributed by atoms with Crippen LogP contribution in [0.3, 0.4) is 0 Å². The van der Waals surface area contributed by atoms with Gasteiger partial charge in [-0.1, -0.05) is 43.7 Å². The summed E-state index contributed by atoms with van der Waals surface area (Å²) in [6.45, 7) is 2.21. The van der Waals surface area contributed by atoms with Gasteiger partial charge in [-0.15, -0.1) is 0 Å². The largest absolute Gasteiger partial charge is 0.497 e. The molecule has 2 aromatic rings. The summed E-state index contributed by atoms with van der Waals surface area (Å²) < 4.78 is 5.20. The highest BCUT2D eigenvalue weighted by Crippen LogP contribution is 2.22. The molecule has 0 spiro atoms. The van der Waals surface area contributed by atoms with E-state index in [4.69, 9.17) is 4.74 Å². The Bertz CT molecular complexity index is 635. The van der Waals surface area contributed by atoms with Crippen LogP contribution in [-0.2, 0) is 12.8 Å². The zero-order valence-electron chi connectivity index (χ0n) is 13.8. The zero-order chi connectivity index (χ0) is 16.7. The average molecular weight is 312 g/mol. The Hall–Kier alpha value is -2.29. The van der Waals surface area contributed by atoms with Crippen LogP contribution in [0.15, 0.2) is 48.5 Å². The number of ether oxygens (including phenoxy) is 1. The van der Waals surface area contributed by atoms with Crippen molar-refractivity contribution in [2.75, 3.05) is 7.11 Å². The van der Waals surface area contributed by atoms with Gasteiger partial charge in [-0.2, -0.15) is 0 Å². The van der Waals surface area contributed by atoms with E-state index in [2.05, 4.69) is 31.2 Å². The van der Waals surface area contributed by atoms with E-state index in [0.29, 0.717) is 11.7 Å². The first-order valence-electron chi connectivity index (χ1n) is 8.03. The summed E-state index contributed by atoms with van der Waals surface area (Å²) in [5.41, 5.74) is 2.68. The third-order valence-corrected chi connectivity index (χ3v) is 4.04. The van der Waals surface area contributed by atoms with Crippen molar-refractivity contribution in [3.63, 3.8) is 0 Å². The van der Waals surface area contributed by atoms with E-state index in [-0.39, 0.29) is 5.56 Å². The maximum absolute atomic E-state index is 11.2. The highest BCUT2D eigenvalue weighted by atomic mass is 16.5. The first-order valence-corrected chi connectivity index (χ1v) is 8.03. The summed E-state index contributed by atoms with van der Waals surface area (Å²) >= 11 is 0. The number of carboxylic acids is 1. The summed E-state index contributed by atoms with van der Waals surface area (Å²) in [4.78, 5) is 11.2. The molecule has 0 amide bonds. The fraction of sp³-hybridized carbons (Fsp3) is 0.350. The van der Waals surface area contributed by atoms with Crippen LogP contribution in [0.5, 0.6) is 5.75 Å². The van der Waals surface area contributed by atoms with Crippen molar-refractivity contribution in [2.45, 2.75) is 32.6 Å². The number of benzene rings is 2. The molecular formula is C20H24O3. The normalized spacial score (nSPS) is 11.9. The minimum Gasteiger partial charge on any atom is -0.497 e. The fourth-order valence-electron chi connectivity index (χ4n) is 2.82. The number of rotatable bonds is 8. The summed E-state index contributed by atoms with van der Waals surface area (Å²) in [6.07, 6.45) is 4.21. The summed E-state index contributed by atoms with van der Waals surface area (Å²) in [5, 5.41) is 9.18. The van der Waals surface area contributed by atoms with Gasteiger partial charge in [-0.25, -0.2) is 4.79 Å². The van der Waals surface area contributed by atoms with E-state index >= 15 is 0 Å². The van der Waals surface area contributed by atoms with Gasteiger partial charge >= 0.3 is 5.97 Å². The van der Waals surface area contributed by atoms with Crippen LogP contribution >= 0.6 is 0 Å². The van der Waals surface area contributed by atoms with Crippen molar-refractivity contribution < 1.29 is 14.6 Å². The number of carboxylic acid groups (broad SMARTS) is 1. The molecule has 2 aromatic carbocycles. The van der Waals surface area contributed by atoms with E-state index in [0.717, 1.165) is 31.2 Å². The Morgan fingerprint density at radius 3 is 2.52 bits per heavy atom. The quantitative estimate of drug-likeness (QED) is 0.775. The van der Waals surface area contributed by atoms with Crippen LogP contribution in [0.1, 0.15) is 41.3 Å². The predicted octanol–water partition coefficient (Wildman–Crippen LogP) is 4.59. The number of aromatic carboxylic acids is 1. The van der Waals surface area contributed by atoms with Crippen molar-refractivity contribution in [3.05, 3.63) is 65.2 Å². The molecule has 122 valence electrons. The van der Waals surface area contributed by atoms with Gasteiger partial charge in [0, 0.05) is 0 Å². The predicted molar refractivity (Wildman–Crippen MR) is 92.2 cm³/mol. The van der Waals surface area contributed by atoms with E-state index in [1.165, 1.54) is 5.56 Å². The van der Waals surface area contributed by atoms with Crippen LogP contribution in [-0.4, -0.2) is 18.2 Å². The molecule has 0 radical (unpaired) electrons. The second kappa shape index (κ2) is 8.37. The van der Waals surface area contributed by atoms with Crippen LogP contribution in [0.4, 0.5) is 0 Å². The second-order valence-corrected chi connectivity index (χ2v) is 6.06. The first kappa shape index (κ1) is 17.1. The molecular weight excluding hydrogens is 288 g/mol. The maximum atomic E-state index is 11.2. The molecule has 2 rings (SSSR count). The average Bonchev–Trinajstić information content (AvgIpc) is 2.55. The van der Waals surface area contributed by atoms with Crippen LogP contribution in [0.25, 0.3) is 0 Å². The Kier molecular flexibility index (Phi) is 6.21. The van der Waals surface area contributed by atoms with Gasteiger partial charge in [0.05, 0.1) is 12.7 Å². The molecule has 1 unspecified atom stereocenters. The van der Waals surface area contributed by atoms with Gasteiger partial charge in [0.1, 0.15) is 5.75 Å². The van der Waals surface area contributed by atoms with Crippen molar-refractivity contribution >= 4 is 5.97 Å². The highest BCUT2D eigenvalue weighted by molar-refractivity contribution is 5.88. The molecule has 0 aromatic heterocycles. The Balaban J connectivity index is 1.90. The first-order chi connectivity index (χ1) is 11.1. The standard InChI is InChI=1S/C20H24O3/c1-15(7-6-10-16-8-4-3-5-9-16)11-17-12-18(20(21)22)14-19(13-17)23-2/h3-5,8-9,12-15H,6-7,10-11H2,1-2H3,(H,21,22). The second-order valence-electron chi connectivity index (χ2n) is 6.06. The van der Waals surface area contributed by atoms with Gasteiger partial charge in [0.25, 0.3) is 0 Å². The molecule has 3 heteroatoms. The molecule has 0 heterocycles. The molecule has 0 saturated heterocycles. The number of hydrogen-bond acceptors (Lipinski definition) is 2. The minimum atomic E-state index is -0.915. The van der Waals surface area contributed by atoms with Gasteiger partial charge in [0.15, 0.2) is 0 Å². The van der Waals surface area contributed by atoms with Gasteiger partial charge in [0.2, 0.25) is 0 Å². The smallest absolute Gasteiger partial charge is 0.335 e. The number of aryl methyl sites for hydroxylation is 1. The Labute approximate surface area is 137 Å². The van der Waals surface area contributed by atoms with Crippen LogP contribution in [0.2, 0.25) is 0 Å². The minimum absolute atomic E-state index is 0.288. The molecule has 3 nitrogen and oxygen atoms in total. The van der Waals surface area contributed by atoms with Gasteiger partial charge in [-0.05, 0) is 54.5 Å². The molecule has 0 saturated carbocycles. The van der Waals surface area contributed by atoms with Crippen LogP contribution in [0, 0.1) is 5.92 Å². The van der Waals surface area contributed by atoms with Crippen molar-refractivity contribution in [2.24, 2.45) is 5.92 Å². The molecule has 0 fully saturated rings. The van der Waals surface area contributed by atoms with Gasteiger partial charge in [-0.3, -0.25) is 0 Å². The molecule has 0 bridgehead atoms. The van der Waals surface area contributed by atoms with Crippen molar-refractivity contribution in [1.29, 1.82) is 0 Å². The van der Waals surface area contributed by atoms with E-state index in [1.807, 2.05) is 12.1 Å². The van der Waals surface area contributed by atoms with Crippen LogP contribution < -0.4 is 4.74 Å². The number of hydrogen-bond donors (Lipinski definition) is 1. The molecule has 1 atom stereocenters. The third-order valence-electron chi connectivity index (χ3n) is 4.04. The Morgan fingerprint density at radius 1 is 1.13 bits per heavy atom. The molecule has 1 N–H and O–H groups in total. The van der Waals surface area contributed by atoms with E-state index in [9.17, 15) is 9.90 Å². The van der Waals surface area contributed by atoms with E-state index < -0.39 is 5.97 Å². The molecule has 0 aliphatic rings. The van der Waals surface area contributed by atoms with Crippen molar-refractivity contribution in [3.8, 4) is 5.75 Å².